The Hall–Kier alpha value is -1.49. The van der Waals surface area contributed by atoms with Gasteiger partial charge in [0.15, 0.2) is 0 Å². The van der Waals surface area contributed by atoms with Gasteiger partial charge in [0.2, 0.25) is 0 Å². The number of hydrogen-bond donors (Lipinski definition) is 1. The largest absolute Gasteiger partial charge is 0.462 e. The SMILES string of the molecule is CCOC(=O)/C=N/NSc1ccccc1. The number of esters is 1. The molecule has 0 bridgehead atoms. The predicted molar refractivity (Wildman–Crippen MR) is 60.6 cm³/mol. The van der Waals surface area contributed by atoms with Crippen LogP contribution in [0.15, 0.2) is 40.3 Å². The maximum Gasteiger partial charge on any atom is 0.351 e. The highest BCUT2D eigenvalue weighted by Crippen LogP contribution is 2.12. The van der Waals surface area contributed by atoms with Gasteiger partial charge in [-0.3, -0.25) is 0 Å². The predicted octanol–water partition coefficient (Wildman–Crippen LogP) is 1.83. The molecule has 1 aromatic carbocycles. The van der Waals surface area contributed by atoms with Crippen LogP contribution >= 0.6 is 11.9 Å². The number of benzene rings is 1. The smallest absolute Gasteiger partial charge is 0.351 e. The van der Waals surface area contributed by atoms with Crippen LogP contribution in [0.25, 0.3) is 0 Å². The lowest BCUT2D eigenvalue weighted by Crippen LogP contribution is -2.06. The van der Waals surface area contributed by atoms with Gasteiger partial charge >= 0.3 is 5.97 Å². The van der Waals surface area contributed by atoms with Crippen molar-refractivity contribution < 1.29 is 9.53 Å². The van der Waals surface area contributed by atoms with E-state index in [-0.39, 0.29) is 0 Å². The molecule has 1 rings (SSSR count). The normalized spacial score (nSPS) is 10.2. The fraction of sp³-hybridized carbons (Fsp3) is 0.200. The maximum absolute atomic E-state index is 10.8. The summed E-state index contributed by atoms with van der Waals surface area (Å²) in [7, 11) is 0. The first-order valence-electron chi connectivity index (χ1n) is 4.49. The molecule has 1 N–H and O–H groups in total. The standard InChI is InChI=1S/C10H12N2O2S/c1-2-14-10(13)8-11-12-15-9-6-4-3-5-7-9/h3-8,12H,2H2,1H3/b11-8+. The van der Waals surface area contributed by atoms with Crippen molar-refractivity contribution >= 4 is 24.1 Å². The number of nitrogens with one attached hydrogen (secondary N) is 1. The summed E-state index contributed by atoms with van der Waals surface area (Å²) < 4.78 is 4.66. The lowest BCUT2D eigenvalue weighted by molar-refractivity contribution is -0.134. The molecule has 0 aliphatic heterocycles. The lowest BCUT2D eigenvalue weighted by Gasteiger charge is -1.98. The van der Waals surface area contributed by atoms with Gasteiger partial charge in [-0.05, 0) is 19.1 Å². The minimum atomic E-state index is -0.446. The van der Waals surface area contributed by atoms with Crippen LogP contribution in [-0.2, 0) is 9.53 Å². The second kappa shape index (κ2) is 6.89. The van der Waals surface area contributed by atoms with Crippen LogP contribution in [0.4, 0.5) is 0 Å². The van der Waals surface area contributed by atoms with E-state index in [1.165, 1.54) is 11.9 Å². The quantitative estimate of drug-likeness (QED) is 0.359. The molecule has 0 unspecified atom stereocenters. The van der Waals surface area contributed by atoms with E-state index in [4.69, 9.17) is 0 Å². The van der Waals surface area contributed by atoms with Gasteiger partial charge in [0.25, 0.3) is 0 Å². The molecule has 0 fully saturated rings. The summed E-state index contributed by atoms with van der Waals surface area (Å²) in [6, 6.07) is 9.68. The zero-order chi connectivity index (χ0) is 10.9. The highest BCUT2D eigenvalue weighted by atomic mass is 32.2. The molecule has 4 nitrogen and oxygen atoms in total. The second-order valence-corrected chi connectivity index (χ2v) is 3.37. The van der Waals surface area contributed by atoms with Crippen molar-refractivity contribution in [2.45, 2.75) is 11.8 Å². The topological polar surface area (TPSA) is 50.7 Å². The highest BCUT2D eigenvalue weighted by Gasteiger charge is 1.93. The molecular formula is C10H12N2O2S. The van der Waals surface area contributed by atoms with E-state index in [0.29, 0.717) is 6.61 Å². The number of carbonyl (C=O) groups is 1. The molecule has 1 aromatic rings. The van der Waals surface area contributed by atoms with E-state index in [1.54, 1.807) is 6.92 Å². The van der Waals surface area contributed by atoms with Crippen molar-refractivity contribution in [3.8, 4) is 0 Å². The fourth-order valence-electron chi connectivity index (χ4n) is 0.826. The first-order chi connectivity index (χ1) is 7.33. The lowest BCUT2D eigenvalue weighted by atomic mass is 10.4. The summed E-state index contributed by atoms with van der Waals surface area (Å²) in [6.07, 6.45) is 1.11. The summed E-state index contributed by atoms with van der Waals surface area (Å²) >= 11 is 1.32. The minimum absolute atomic E-state index is 0.358. The Morgan fingerprint density at radius 3 is 2.93 bits per heavy atom. The van der Waals surface area contributed by atoms with Gasteiger partial charge in [0.05, 0.1) is 6.61 Å². The van der Waals surface area contributed by atoms with Crippen LogP contribution in [0.1, 0.15) is 6.92 Å². The molecule has 5 heteroatoms. The summed E-state index contributed by atoms with van der Waals surface area (Å²) in [5, 5.41) is 3.70. The average molecular weight is 224 g/mol. The number of rotatable bonds is 5. The number of ether oxygens (including phenoxy) is 1. The Kier molecular flexibility index (Phi) is 5.32. The monoisotopic (exact) mass is 224 g/mol. The molecule has 0 aromatic heterocycles. The van der Waals surface area contributed by atoms with Crippen LogP contribution in [0, 0.1) is 0 Å². The third-order valence-corrected chi connectivity index (χ3v) is 2.12. The van der Waals surface area contributed by atoms with E-state index < -0.39 is 5.97 Å². The first kappa shape index (κ1) is 11.6. The van der Waals surface area contributed by atoms with Gasteiger partial charge in [-0.15, -0.1) is 0 Å². The molecule has 0 saturated heterocycles. The van der Waals surface area contributed by atoms with E-state index >= 15 is 0 Å². The Morgan fingerprint density at radius 2 is 2.27 bits per heavy atom. The van der Waals surface area contributed by atoms with Crippen LogP contribution in [0.3, 0.4) is 0 Å². The number of hydrogen-bond acceptors (Lipinski definition) is 5. The fourth-order valence-corrected chi connectivity index (χ4v) is 1.33. The summed E-state index contributed by atoms with van der Waals surface area (Å²) in [4.78, 5) is 14.5. The molecule has 15 heavy (non-hydrogen) atoms. The molecule has 0 aliphatic carbocycles. The molecule has 0 spiro atoms. The van der Waals surface area contributed by atoms with Crippen molar-refractivity contribution in [1.82, 2.24) is 4.83 Å². The molecule has 0 amide bonds. The van der Waals surface area contributed by atoms with Crippen LogP contribution in [0.2, 0.25) is 0 Å². The molecule has 0 radical (unpaired) electrons. The van der Waals surface area contributed by atoms with Gasteiger partial charge in [-0.2, -0.15) is 5.10 Å². The summed E-state index contributed by atoms with van der Waals surface area (Å²) in [5.74, 6) is -0.446. The molecule has 80 valence electrons. The maximum atomic E-state index is 10.8. The van der Waals surface area contributed by atoms with E-state index in [1.807, 2.05) is 30.3 Å². The second-order valence-electron chi connectivity index (χ2n) is 2.52. The number of hydrazone groups is 1. The zero-order valence-corrected chi connectivity index (χ0v) is 9.16. The summed E-state index contributed by atoms with van der Waals surface area (Å²) in [6.45, 7) is 2.11. The van der Waals surface area contributed by atoms with E-state index in [9.17, 15) is 4.79 Å². The first-order valence-corrected chi connectivity index (χ1v) is 5.31. The van der Waals surface area contributed by atoms with Crippen molar-refractivity contribution in [3.63, 3.8) is 0 Å². The van der Waals surface area contributed by atoms with Gasteiger partial charge in [0.1, 0.15) is 6.21 Å². The van der Waals surface area contributed by atoms with Gasteiger partial charge in [-0.25, -0.2) is 9.63 Å². The van der Waals surface area contributed by atoms with Crippen molar-refractivity contribution in [2.24, 2.45) is 5.10 Å². The third-order valence-electron chi connectivity index (χ3n) is 1.42. The van der Waals surface area contributed by atoms with Crippen molar-refractivity contribution in [3.05, 3.63) is 30.3 Å². The molecule has 0 atom stereocenters. The van der Waals surface area contributed by atoms with Crippen LogP contribution in [-0.4, -0.2) is 18.8 Å². The third kappa shape index (κ3) is 5.07. The molecular weight excluding hydrogens is 212 g/mol. The molecule has 0 saturated carbocycles. The van der Waals surface area contributed by atoms with Gasteiger partial charge in [-0.1, -0.05) is 18.2 Å². The molecule has 0 aliphatic rings. The average Bonchev–Trinajstić information content (AvgIpc) is 2.26. The summed E-state index contributed by atoms with van der Waals surface area (Å²) in [5.41, 5.74) is 0. The Labute approximate surface area is 92.8 Å². The van der Waals surface area contributed by atoms with Gasteiger partial charge in [0, 0.05) is 16.8 Å². The van der Waals surface area contributed by atoms with Crippen LogP contribution in [0.5, 0.6) is 0 Å². The molecule has 0 heterocycles. The zero-order valence-electron chi connectivity index (χ0n) is 8.34. The number of nitrogens with zero attached hydrogens (tertiary/aromatic N) is 1. The Balaban J connectivity index is 2.24. The van der Waals surface area contributed by atoms with Crippen LogP contribution < -0.4 is 4.83 Å². The van der Waals surface area contributed by atoms with Gasteiger partial charge < -0.3 is 4.74 Å². The van der Waals surface area contributed by atoms with E-state index in [2.05, 4.69) is 14.7 Å². The Morgan fingerprint density at radius 1 is 1.53 bits per heavy atom. The minimum Gasteiger partial charge on any atom is -0.462 e. The Bertz CT molecular complexity index is 327. The van der Waals surface area contributed by atoms with E-state index in [0.717, 1.165) is 11.1 Å². The number of carbonyl (C=O) groups excluding carboxylic acids is 1. The highest BCUT2D eigenvalue weighted by molar-refractivity contribution is 7.97. The van der Waals surface area contributed by atoms with Crippen molar-refractivity contribution in [2.75, 3.05) is 6.61 Å². The van der Waals surface area contributed by atoms with Crippen molar-refractivity contribution in [1.29, 1.82) is 0 Å².